The van der Waals surface area contributed by atoms with Crippen molar-refractivity contribution in [3.8, 4) is 17.1 Å². The molecule has 0 spiro atoms. The number of hydrogen-bond donors (Lipinski definition) is 2. The number of anilines is 1. The number of benzene rings is 2. The summed E-state index contributed by atoms with van der Waals surface area (Å²) in [6, 6.07) is 13.1. The third-order valence-corrected chi connectivity index (χ3v) is 4.86. The molecule has 0 bridgehead atoms. The molecule has 32 heavy (non-hydrogen) atoms. The van der Waals surface area contributed by atoms with Gasteiger partial charge in [0.1, 0.15) is 5.82 Å². The van der Waals surface area contributed by atoms with Crippen LogP contribution in [0.2, 0.25) is 0 Å². The van der Waals surface area contributed by atoms with Crippen LogP contribution >= 0.6 is 0 Å². The summed E-state index contributed by atoms with van der Waals surface area (Å²) in [5.41, 5.74) is 2.09. The number of nitrogens with one attached hydrogen (secondary N) is 2. The average Bonchev–Trinajstić information content (AvgIpc) is 3.41. The number of para-hydroxylation sites is 1. The average molecular weight is 432 g/mol. The van der Waals surface area contributed by atoms with Gasteiger partial charge in [0.05, 0.1) is 22.0 Å². The second kappa shape index (κ2) is 8.38. The maximum Gasteiger partial charge on any atom is 0.278 e. The molecule has 0 aliphatic carbocycles. The Morgan fingerprint density at radius 3 is 2.69 bits per heavy atom. The number of nitro groups is 1. The van der Waals surface area contributed by atoms with Crippen LogP contribution in [0.15, 0.2) is 48.5 Å². The largest absolute Gasteiger partial charge is 0.320 e. The molecule has 2 heterocycles. The topological polar surface area (TPSA) is 145 Å². The fourth-order valence-electron chi connectivity index (χ4n) is 3.14. The Hall–Kier alpha value is -4.41. The van der Waals surface area contributed by atoms with Crippen molar-refractivity contribution in [2.45, 2.75) is 26.7 Å². The van der Waals surface area contributed by atoms with E-state index in [0.29, 0.717) is 28.5 Å². The van der Waals surface area contributed by atoms with Crippen LogP contribution in [-0.4, -0.2) is 41.0 Å². The first kappa shape index (κ1) is 20.8. The standard InChI is InChI=1S/C21H20N8O3/c1-12(2)19-23-20(26-25-19)16-9-4-5-10-17(16)22-21(30)18-13(3)28(27-24-18)14-7-6-8-15(11-14)29(31)32/h4-12H,1-3H3,(H,22,30)(H,23,25,26). The van der Waals surface area contributed by atoms with Gasteiger partial charge in [-0.15, -0.1) is 5.10 Å². The number of aromatic amines is 1. The van der Waals surface area contributed by atoms with Crippen molar-refractivity contribution >= 4 is 17.3 Å². The summed E-state index contributed by atoms with van der Waals surface area (Å²) in [6.45, 7) is 5.68. The maximum absolute atomic E-state index is 13.0. The van der Waals surface area contributed by atoms with Gasteiger partial charge in [0.25, 0.3) is 11.6 Å². The lowest BCUT2D eigenvalue weighted by molar-refractivity contribution is -0.384. The number of nitro benzene ring substituents is 1. The first-order valence-corrected chi connectivity index (χ1v) is 9.85. The van der Waals surface area contributed by atoms with Crippen molar-refractivity contribution in [1.29, 1.82) is 0 Å². The van der Waals surface area contributed by atoms with Crippen LogP contribution in [0.4, 0.5) is 11.4 Å². The van der Waals surface area contributed by atoms with E-state index in [4.69, 9.17) is 0 Å². The van der Waals surface area contributed by atoms with Crippen LogP contribution in [0.25, 0.3) is 17.1 Å². The number of hydrogen-bond acceptors (Lipinski definition) is 7. The quantitative estimate of drug-likeness (QED) is 0.349. The van der Waals surface area contributed by atoms with E-state index in [1.165, 1.54) is 16.8 Å². The Labute approximate surface area is 182 Å². The van der Waals surface area contributed by atoms with Gasteiger partial charge < -0.3 is 5.32 Å². The highest BCUT2D eigenvalue weighted by Gasteiger charge is 2.20. The number of aromatic nitrogens is 6. The van der Waals surface area contributed by atoms with E-state index in [0.717, 1.165) is 5.82 Å². The predicted octanol–water partition coefficient (Wildman–Crippen LogP) is 3.64. The second-order valence-electron chi connectivity index (χ2n) is 7.41. The van der Waals surface area contributed by atoms with E-state index in [9.17, 15) is 14.9 Å². The number of rotatable bonds is 6. The van der Waals surface area contributed by atoms with Gasteiger partial charge in [-0.25, -0.2) is 9.67 Å². The van der Waals surface area contributed by atoms with Crippen LogP contribution in [-0.2, 0) is 0 Å². The van der Waals surface area contributed by atoms with Crippen LogP contribution < -0.4 is 5.32 Å². The van der Waals surface area contributed by atoms with Gasteiger partial charge in [0.15, 0.2) is 11.5 Å². The number of H-pyrrole nitrogens is 1. The number of carbonyl (C=O) groups excluding carboxylic acids is 1. The van der Waals surface area contributed by atoms with Crippen molar-refractivity contribution < 1.29 is 9.72 Å². The summed E-state index contributed by atoms with van der Waals surface area (Å²) in [5.74, 6) is 0.939. The molecule has 0 saturated heterocycles. The Bertz CT molecular complexity index is 1310. The molecule has 0 aliphatic heterocycles. The summed E-state index contributed by atoms with van der Waals surface area (Å²) in [6.07, 6.45) is 0. The van der Waals surface area contributed by atoms with Crippen LogP contribution in [0.5, 0.6) is 0 Å². The van der Waals surface area contributed by atoms with E-state index in [1.807, 2.05) is 26.0 Å². The zero-order valence-corrected chi connectivity index (χ0v) is 17.6. The van der Waals surface area contributed by atoms with Gasteiger partial charge in [0.2, 0.25) is 0 Å². The normalized spacial score (nSPS) is 11.0. The monoisotopic (exact) mass is 432 g/mol. The Balaban J connectivity index is 1.62. The maximum atomic E-state index is 13.0. The lowest BCUT2D eigenvalue weighted by Gasteiger charge is -2.08. The fourth-order valence-corrected chi connectivity index (χ4v) is 3.14. The molecule has 0 aliphatic rings. The molecule has 2 aromatic carbocycles. The van der Waals surface area contributed by atoms with Crippen LogP contribution in [0.1, 0.15) is 41.8 Å². The van der Waals surface area contributed by atoms with Crippen molar-refractivity contribution in [2.24, 2.45) is 0 Å². The number of non-ortho nitro benzene ring substituents is 1. The summed E-state index contributed by atoms with van der Waals surface area (Å²) < 4.78 is 1.39. The highest BCUT2D eigenvalue weighted by atomic mass is 16.6. The van der Waals surface area contributed by atoms with Gasteiger partial charge in [-0.3, -0.25) is 20.0 Å². The van der Waals surface area contributed by atoms with Crippen molar-refractivity contribution in [2.75, 3.05) is 5.32 Å². The minimum atomic E-state index is -0.492. The zero-order valence-electron chi connectivity index (χ0n) is 17.6. The molecule has 162 valence electrons. The fraction of sp³-hybridized carbons (Fsp3) is 0.190. The van der Waals surface area contributed by atoms with Crippen LogP contribution in [0.3, 0.4) is 0 Å². The molecule has 0 radical (unpaired) electrons. The summed E-state index contributed by atoms with van der Waals surface area (Å²) in [5, 5.41) is 29.1. The van der Waals surface area contributed by atoms with E-state index < -0.39 is 10.8 Å². The van der Waals surface area contributed by atoms with Crippen molar-refractivity contribution in [3.63, 3.8) is 0 Å². The van der Waals surface area contributed by atoms with Crippen molar-refractivity contribution in [1.82, 2.24) is 30.2 Å². The van der Waals surface area contributed by atoms with Gasteiger partial charge in [0, 0.05) is 23.6 Å². The highest BCUT2D eigenvalue weighted by Crippen LogP contribution is 2.27. The molecule has 0 atom stereocenters. The molecule has 2 N–H and O–H groups in total. The molecule has 1 amide bonds. The molecular weight excluding hydrogens is 412 g/mol. The number of nitrogens with zero attached hydrogens (tertiary/aromatic N) is 6. The summed E-state index contributed by atoms with van der Waals surface area (Å²) >= 11 is 0. The molecule has 11 heteroatoms. The lowest BCUT2D eigenvalue weighted by atomic mass is 10.1. The minimum absolute atomic E-state index is 0.0791. The highest BCUT2D eigenvalue weighted by molar-refractivity contribution is 6.05. The molecule has 0 unspecified atom stereocenters. The van der Waals surface area contributed by atoms with Crippen LogP contribution in [0, 0.1) is 17.0 Å². The summed E-state index contributed by atoms with van der Waals surface area (Å²) in [7, 11) is 0. The zero-order chi connectivity index (χ0) is 22.8. The smallest absolute Gasteiger partial charge is 0.278 e. The Morgan fingerprint density at radius 2 is 1.97 bits per heavy atom. The minimum Gasteiger partial charge on any atom is -0.320 e. The first-order valence-electron chi connectivity index (χ1n) is 9.85. The lowest BCUT2D eigenvalue weighted by Crippen LogP contribution is -2.15. The molecule has 0 saturated carbocycles. The SMILES string of the molecule is Cc1c(C(=O)Nc2ccccc2-c2n[nH]c(C(C)C)n2)nnn1-c1cccc([N+](=O)[O-])c1. The van der Waals surface area contributed by atoms with Gasteiger partial charge >= 0.3 is 0 Å². The van der Waals surface area contributed by atoms with E-state index in [2.05, 4.69) is 30.8 Å². The van der Waals surface area contributed by atoms with E-state index >= 15 is 0 Å². The van der Waals surface area contributed by atoms with Crippen molar-refractivity contribution in [3.05, 3.63) is 75.9 Å². The van der Waals surface area contributed by atoms with E-state index in [-0.39, 0.29) is 17.3 Å². The Morgan fingerprint density at radius 1 is 1.19 bits per heavy atom. The molecular formula is C21H20N8O3. The molecule has 4 rings (SSSR count). The van der Waals surface area contributed by atoms with Gasteiger partial charge in [-0.05, 0) is 25.1 Å². The predicted molar refractivity (Wildman–Crippen MR) is 117 cm³/mol. The first-order chi connectivity index (χ1) is 15.3. The molecule has 11 nitrogen and oxygen atoms in total. The molecule has 4 aromatic rings. The molecule has 2 aromatic heterocycles. The van der Waals surface area contributed by atoms with Gasteiger partial charge in [-0.2, -0.15) is 5.10 Å². The summed E-state index contributed by atoms with van der Waals surface area (Å²) in [4.78, 5) is 28.0. The number of amides is 1. The van der Waals surface area contributed by atoms with E-state index in [1.54, 1.807) is 31.2 Å². The Kier molecular flexibility index (Phi) is 5.46. The third kappa shape index (κ3) is 3.95. The molecule has 0 fully saturated rings. The second-order valence-corrected chi connectivity index (χ2v) is 7.41. The number of carbonyl (C=O) groups is 1. The van der Waals surface area contributed by atoms with Gasteiger partial charge in [-0.1, -0.05) is 37.3 Å². The third-order valence-electron chi connectivity index (χ3n) is 4.86.